The topological polar surface area (TPSA) is 133 Å². The van der Waals surface area contributed by atoms with Crippen LogP contribution in [0.1, 0.15) is 24.2 Å². The van der Waals surface area contributed by atoms with Crippen LogP contribution in [0.3, 0.4) is 0 Å². The number of carbonyl (C=O) groups excluding carboxylic acids is 1. The molecule has 0 unspecified atom stereocenters. The van der Waals surface area contributed by atoms with Crippen molar-refractivity contribution in [2.24, 2.45) is 0 Å². The summed E-state index contributed by atoms with van der Waals surface area (Å²) in [6, 6.07) is 14.7. The number of amides is 1. The van der Waals surface area contributed by atoms with Gasteiger partial charge >= 0.3 is 0 Å². The maximum Gasteiger partial charge on any atom is 0.235 e. The van der Waals surface area contributed by atoms with E-state index in [1.807, 2.05) is 30.3 Å². The lowest BCUT2D eigenvalue weighted by Crippen LogP contribution is -2.27. The number of aromatic nitrogens is 6. The molecule has 2 N–H and O–H groups in total. The Labute approximate surface area is 187 Å². The number of rotatable bonds is 5. The normalized spacial score (nSPS) is 13.9. The van der Waals surface area contributed by atoms with Crippen LogP contribution in [-0.2, 0) is 10.2 Å². The summed E-state index contributed by atoms with van der Waals surface area (Å²) in [6.45, 7) is 0. The lowest BCUT2D eigenvalue weighted by atomic mass is 9.94. The first-order chi connectivity index (χ1) is 15.6. The molecule has 0 spiro atoms. The summed E-state index contributed by atoms with van der Waals surface area (Å²) in [7, 11) is 0. The number of nitriles is 1. The fraction of sp³-hybridized carbons (Fsp3) is 0.136. The van der Waals surface area contributed by atoms with E-state index in [9.17, 15) is 4.79 Å². The van der Waals surface area contributed by atoms with Gasteiger partial charge in [-0.05, 0) is 58.7 Å². The molecule has 2 heterocycles. The number of nitrogens with one attached hydrogen (secondary N) is 2. The maximum atomic E-state index is 13.2. The van der Waals surface area contributed by atoms with Crippen LogP contribution in [0.25, 0.3) is 22.5 Å². The molecule has 1 fully saturated rings. The number of H-pyrrole nitrogens is 1. The third kappa shape index (κ3) is 3.57. The standard InChI is InChI=1S/C22H15ClN8O/c23-15-3-1-2-14(8-15)22(6-7-22)21(32)27-16-4-5-17(13-11-25-19(10-24)26-12-13)18(9-16)20-28-30-31-29-20/h1-5,8-9,11-12H,6-7H2,(H,27,32)(H,28,29,30,31). The second-order valence-corrected chi connectivity index (χ2v) is 7.90. The van der Waals surface area contributed by atoms with Crippen molar-refractivity contribution >= 4 is 23.2 Å². The highest BCUT2D eigenvalue weighted by Crippen LogP contribution is 2.49. The van der Waals surface area contributed by atoms with E-state index in [1.54, 1.807) is 30.6 Å². The molecule has 1 amide bonds. The molecule has 1 aliphatic carbocycles. The van der Waals surface area contributed by atoms with Crippen molar-refractivity contribution in [2.75, 3.05) is 5.32 Å². The molecule has 2 aromatic heterocycles. The van der Waals surface area contributed by atoms with Crippen LogP contribution < -0.4 is 5.32 Å². The molecule has 1 saturated carbocycles. The van der Waals surface area contributed by atoms with Crippen LogP contribution >= 0.6 is 11.6 Å². The van der Waals surface area contributed by atoms with E-state index in [-0.39, 0.29) is 11.7 Å². The van der Waals surface area contributed by atoms with Crippen molar-refractivity contribution in [3.63, 3.8) is 0 Å². The summed E-state index contributed by atoms with van der Waals surface area (Å²) in [5, 5.41) is 26.6. The lowest BCUT2D eigenvalue weighted by molar-refractivity contribution is -0.118. The second kappa shape index (κ2) is 7.83. The van der Waals surface area contributed by atoms with Gasteiger partial charge in [-0.3, -0.25) is 4.79 Å². The fourth-order valence-electron chi connectivity index (χ4n) is 3.68. The summed E-state index contributed by atoms with van der Waals surface area (Å²) in [4.78, 5) is 21.2. The van der Waals surface area contributed by atoms with Gasteiger partial charge in [-0.25, -0.2) is 15.1 Å². The maximum absolute atomic E-state index is 13.2. The Kier molecular flexibility index (Phi) is 4.84. The fourth-order valence-corrected chi connectivity index (χ4v) is 3.87. The van der Waals surface area contributed by atoms with Crippen LogP contribution in [-0.4, -0.2) is 36.5 Å². The van der Waals surface area contributed by atoms with Crippen LogP contribution in [0, 0.1) is 11.3 Å². The molecule has 0 aliphatic heterocycles. The Bertz CT molecular complexity index is 1340. The molecule has 0 atom stereocenters. The third-order valence-electron chi connectivity index (χ3n) is 5.50. The Balaban J connectivity index is 1.48. The van der Waals surface area contributed by atoms with E-state index in [0.717, 1.165) is 24.0 Å². The SMILES string of the molecule is N#Cc1ncc(-c2ccc(NC(=O)C3(c4cccc(Cl)c4)CC3)cc2-c2nnn[nH]2)cn1. The number of carbonyl (C=O) groups is 1. The van der Waals surface area contributed by atoms with Crippen LogP contribution in [0.15, 0.2) is 54.9 Å². The minimum absolute atomic E-state index is 0.0799. The summed E-state index contributed by atoms with van der Waals surface area (Å²) in [6.07, 6.45) is 4.65. The predicted molar refractivity (Wildman–Crippen MR) is 116 cm³/mol. The monoisotopic (exact) mass is 442 g/mol. The second-order valence-electron chi connectivity index (χ2n) is 7.46. The Hall–Kier alpha value is -4.16. The van der Waals surface area contributed by atoms with E-state index >= 15 is 0 Å². The summed E-state index contributed by atoms with van der Waals surface area (Å²) < 4.78 is 0. The minimum Gasteiger partial charge on any atom is -0.325 e. The van der Waals surface area contributed by atoms with Gasteiger partial charge in [0.15, 0.2) is 5.82 Å². The molecule has 5 rings (SSSR count). The lowest BCUT2D eigenvalue weighted by Gasteiger charge is -2.17. The Morgan fingerprint density at radius 1 is 1.12 bits per heavy atom. The van der Waals surface area contributed by atoms with Crippen LogP contribution in [0.2, 0.25) is 5.02 Å². The molecule has 1 aliphatic rings. The van der Waals surface area contributed by atoms with Gasteiger partial charge in [0.05, 0.1) is 5.41 Å². The molecule has 2 aromatic carbocycles. The van der Waals surface area contributed by atoms with Crippen molar-refractivity contribution in [2.45, 2.75) is 18.3 Å². The first-order valence-corrected chi connectivity index (χ1v) is 10.1. The molecule has 10 heteroatoms. The number of anilines is 1. The first kappa shape index (κ1) is 19.8. The Morgan fingerprint density at radius 2 is 1.94 bits per heavy atom. The number of benzene rings is 2. The van der Waals surface area contributed by atoms with Crippen molar-refractivity contribution in [1.82, 2.24) is 30.6 Å². The van der Waals surface area contributed by atoms with E-state index in [2.05, 4.69) is 35.9 Å². The molecule has 32 heavy (non-hydrogen) atoms. The quantitative estimate of drug-likeness (QED) is 0.483. The molecular weight excluding hydrogens is 428 g/mol. The largest absolute Gasteiger partial charge is 0.325 e. The highest BCUT2D eigenvalue weighted by atomic mass is 35.5. The first-order valence-electron chi connectivity index (χ1n) is 9.77. The van der Waals surface area contributed by atoms with E-state index < -0.39 is 5.41 Å². The zero-order valence-corrected chi connectivity index (χ0v) is 17.3. The van der Waals surface area contributed by atoms with Crippen LogP contribution in [0.4, 0.5) is 5.69 Å². The molecule has 9 nitrogen and oxygen atoms in total. The zero-order valence-electron chi connectivity index (χ0n) is 16.6. The number of hydrogen-bond donors (Lipinski definition) is 2. The average molecular weight is 443 g/mol. The Morgan fingerprint density at radius 3 is 2.59 bits per heavy atom. The van der Waals surface area contributed by atoms with Gasteiger partial charge in [0, 0.05) is 34.2 Å². The minimum atomic E-state index is -0.571. The van der Waals surface area contributed by atoms with Gasteiger partial charge < -0.3 is 5.32 Å². The molecule has 0 bridgehead atoms. The molecule has 0 saturated heterocycles. The molecule has 4 aromatic rings. The van der Waals surface area contributed by atoms with E-state index in [1.165, 1.54) is 0 Å². The number of aromatic amines is 1. The van der Waals surface area contributed by atoms with Crippen LogP contribution in [0.5, 0.6) is 0 Å². The van der Waals surface area contributed by atoms with Gasteiger partial charge in [-0.15, -0.1) is 5.10 Å². The van der Waals surface area contributed by atoms with E-state index in [4.69, 9.17) is 16.9 Å². The predicted octanol–water partition coefficient (Wildman–Crippen LogP) is 3.52. The molecule has 0 radical (unpaired) electrons. The van der Waals surface area contributed by atoms with Crippen molar-refractivity contribution in [1.29, 1.82) is 5.26 Å². The highest BCUT2D eigenvalue weighted by molar-refractivity contribution is 6.30. The van der Waals surface area contributed by atoms with Gasteiger partial charge in [0.2, 0.25) is 11.7 Å². The highest BCUT2D eigenvalue weighted by Gasteiger charge is 2.51. The number of nitrogens with zero attached hydrogens (tertiary/aromatic N) is 6. The van der Waals surface area contributed by atoms with Crippen molar-refractivity contribution in [3.05, 3.63) is 71.3 Å². The molecular formula is C22H15ClN8O. The van der Waals surface area contributed by atoms with Gasteiger partial charge in [0.25, 0.3) is 0 Å². The smallest absolute Gasteiger partial charge is 0.235 e. The van der Waals surface area contributed by atoms with Crippen molar-refractivity contribution < 1.29 is 4.79 Å². The van der Waals surface area contributed by atoms with Gasteiger partial charge in [0.1, 0.15) is 6.07 Å². The van der Waals surface area contributed by atoms with E-state index in [0.29, 0.717) is 27.7 Å². The number of tetrazole rings is 1. The summed E-state index contributed by atoms with van der Waals surface area (Å²) in [5.41, 5.74) is 3.04. The number of hydrogen-bond acceptors (Lipinski definition) is 7. The third-order valence-corrected chi connectivity index (χ3v) is 5.74. The summed E-state index contributed by atoms with van der Waals surface area (Å²) >= 11 is 6.13. The average Bonchev–Trinajstić information content (AvgIpc) is 3.46. The zero-order chi connectivity index (χ0) is 22.1. The van der Waals surface area contributed by atoms with Gasteiger partial charge in [-0.2, -0.15) is 5.26 Å². The number of halogens is 1. The summed E-state index contributed by atoms with van der Waals surface area (Å²) in [5.74, 6) is 0.420. The molecule has 156 valence electrons. The van der Waals surface area contributed by atoms with Gasteiger partial charge in [-0.1, -0.05) is 29.8 Å². The van der Waals surface area contributed by atoms with Crippen molar-refractivity contribution in [3.8, 4) is 28.6 Å².